The van der Waals surface area contributed by atoms with Gasteiger partial charge in [0, 0.05) is 22.2 Å². The highest BCUT2D eigenvalue weighted by Crippen LogP contribution is 2.32. The summed E-state index contributed by atoms with van der Waals surface area (Å²) in [6.45, 7) is 2.65. The lowest BCUT2D eigenvalue weighted by atomic mass is 10.1. The van der Waals surface area contributed by atoms with Crippen molar-refractivity contribution in [2.45, 2.75) is 6.92 Å². The molecule has 0 bridgehead atoms. The summed E-state index contributed by atoms with van der Waals surface area (Å²) in [6.07, 6.45) is 0. The first-order valence-electron chi connectivity index (χ1n) is 6.81. The number of benzene rings is 2. The van der Waals surface area contributed by atoms with Gasteiger partial charge < -0.3 is 10.5 Å². The van der Waals surface area contributed by atoms with Gasteiger partial charge in [0.15, 0.2) is 0 Å². The first-order chi connectivity index (χ1) is 10.3. The van der Waals surface area contributed by atoms with Crippen molar-refractivity contribution >= 4 is 17.0 Å². The van der Waals surface area contributed by atoms with E-state index in [9.17, 15) is 0 Å². The first kappa shape index (κ1) is 13.6. The predicted molar refractivity (Wildman–Crippen MR) is 88.6 cm³/mol. The van der Waals surface area contributed by atoms with Crippen molar-refractivity contribution in [2.75, 3.05) is 12.3 Å². The normalized spacial score (nSPS) is 10.5. The quantitative estimate of drug-likeness (QED) is 0.723. The van der Waals surface area contributed by atoms with Gasteiger partial charge in [-0.15, -0.1) is 11.3 Å². The topological polar surface area (TPSA) is 48.1 Å². The molecule has 0 unspecified atom stereocenters. The van der Waals surface area contributed by atoms with Crippen molar-refractivity contribution < 1.29 is 4.74 Å². The number of hydrogen-bond acceptors (Lipinski definition) is 4. The Hall–Kier alpha value is -2.33. The SMILES string of the molecule is CCOc1ccc(-c2csc(-c3ccccc3N)n2)cc1. The van der Waals surface area contributed by atoms with Crippen LogP contribution in [0, 0.1) is 0 Å². The van der Waals surface area contributed by atoms with E-state index in [2.05, 4.69) is 10.4 Å². The van der Waals surface area contributed by atoms with Gasteiger partial charge in [-0.05, 0) is 43.3 Å². The number of nitrogens with zero attached hydrogens (tertiary/aromatic N) is 1. The van der Waals surface area contributed by atoms with Crippen LogP contribution < -0.4 is 10.5 Å². The molecule has 0 saturated heterocycles. The number of ether oxygens (including phenoxy) is 1. The summed E-state index contributed by atoms with van der Waals surface area (Å²) in [5.41, 5.74) is 9.78. The van der Waals surface area contributed by atoms with Gasteiger partial charge in [0.25, 0.3) is 0 Å². The molecule has 3 aromatic rings. The van der Waals surface area contributed by atoms with Gasteiger partial charge in [0.05, 0.1) is 12.3 Å². The summed E-state index contributed by atoms with van der Waals surface area (Å²) in [4.78, 5) is 4.68. The maximum Gasteiger partial charge on any atom is 0.126 e. The van der Waals surface area contributed by atoms with E-state index in [0.29, 0.717) is 6.61 Å². The van der Waals surface area contributed by atoms with Gasteiger partial charge in [-0.25, -0.2) is 4.98 Å². The first-order valence-corrected chi connectivity index (χ1v) is 7.69. The minimum atomic E-state index is 0.674. The highest BCUT2D eigenvalue weighted by Gasteiger charge is 2.09. The van der Waals surface area contributed by atoms with Crippen LogP contribution in [0.25, 0.3) is 21.8 Å². The lowest BCUT2D eigenvalue weighted by Crippen LogP contribution is -1.90. The van der Waals surface area contributed by atoms with Crippen LogP contribution in [0.3, 0.4) is 0 Å². The monoisotopic (exact) mass is 296 g/mol. The van der Waals surface area contributed by atoms with Crippen LogP contribution in [0.5, 0.6) is 5.75 Å². The molecular weight excluding hydrogens is 280 g/mol. The van der Waals surface area contributed by atoms with Gasteiger partial charge in [-0.2, -0.15) is 0 Å². The minimum Gasteiger partial charge on any atom is -0.494 e. The molecule has 0 radical (unpaired) electrons. The van der Waals surface area contributed by atoms with Crippen LogP contribution in [-0.2, 0) is 0 Å². The molecule has 2 N–H and O–H groups in total. The number of para-hydroxylation sites is 1. The lowest BCUT2D eigenvalue weighted by molar-refractivity contribution is 0.340. The van der Waals surface area contributed by atoms with E-state index in [4.69, 9.17) is 10.5 Å². The molecule has 0 fully saturated rings. The van der Waals surface area contributed by atoms with E-state index >= 15 is 0 Å². The number of hydrogen-bond donors (Lipinski definition) is 1. The van der Waals surface area contributed by atoms with Crippen molar-refractivity contribution in [3.8, 4) is 27.6 Å². The van der Waals surface area contributed by atoms with Crippen molar-refractivity contribution in [3.05, 3.63) is 53.9 Å². The van der Waals surface area contributed by atoms with E-state index in [1.54, 1.807) is 11.3 Å². The molecule has 0 aliphatic heterocycles. The summed E-state index contributed by atoms with van der Waals surface area (Å²) in [6, 6.07) is 15.8. The van der Waals surface area contributed by atoms with Crippen molar-refractivity contribution in [1.82, 2.24) is 4.98 Å². The number of aromatic nitrogens is 1. The molecule has 0 aliphatic carbocycles. The molecule has 3 nitrogen and oxygen atoms in total. The van der Waals surface area contributed by atoms with Crippen LogP contribution in [0.4, 0.5) is 5.69 Å². The van der Waals surface area contributed by atoms with Crippen molar-refractivity contribution in [2.24, 2.45) is 0 Å². The molecule has 4 heteroatoms. The Kier molecular flexibility index (Phi) is 3.88. The summed E-state index contributed by atoms with van der Waals surface area (Å²) < 4.78 is 5.45. The average Bonchev–Trinajstić information content (AvgIpc) is 2.98. The Bertz CT molecular complexity index is 735. The number of nitrogens with two attached hydrogens (primary N) is 1. The number of rotatable bonds is 4. The molecule has 0 amide bonds. The largest absolute Gasteiger partial charge is 0.494 e. The smallest absolute Gasteiger partial charge is 0.126 e. The summed E-state index contributed by atoms with van der Waals surface area (Å²) in [5.74, 6) is 0.879. The minimum absolute atomic E-state index is 0.674. The lowest BCUT2D eigenvalue weighted by Gasteiger charge is -2.03. The standard InChI is InChI=1S/C17H16N2OS/c1-2-20-13-9-7-12(8-10-13)16-11-21-17(19-16)14-5-3-4-6-15(14)18/h3-11H,2,18H2,1H3. The zero-order valence-corrected chi connectivity index (χ0v) is 12.6. The third-order valence-electron chi connectivity index (χ3n) is 3.16. The van der Waals surface area contributed by atoms with E-state index in [-0.39, 0.29) is 0 Å². The molecule has 0 atom stereocenters. The van der Waals surface area contributed by atoms with Crippen LogP contribution in [0.15, 0.2) is 53.9 Å². The maximum atomic E-state index is 6.00. The molecule has 0 aliphatic rings. The van der Waals surface area contributed by atoms with Gasteiger partial charge >= 0.3 is 0 Å². The van der Waals surface area contributed by atoms with E-state index in [0.717, 1.165) is 33.3 Å². The second-order valence-corrected chi connectivity index (χ2v) is 5.44. The van der Waals surface area contributed by atoms with Crippen molar-refractivity contribution in [3.63, 3.8) is 0 Å². The fourth-order valence-corrected chi connectivity index (χ4v) is 2.99. The summed E-state index contributed by atoms with van der Waals surface area (Å²) >= 11 is 1.60. The van der Waals surface area contributed by atoms with Gasteiger partial charge in [-0.3, -0.25) is 0 Å². The van der Waals surface area contributed by atoms with E-state index in [1.165, 1.54) is 0 Å². The number of nitrogen functional groups attached to an aromatic ring is 1. The number of anilines is 1. The third-order valence-corrected chi connectivity index (χ3v) is 4.03. The molecule has 21 heavy (non-hydrogen) atoms. The Morgan fingerprint density at radius 1 is 1.10 bits per heavy atom. The fourth-order valence-electron chi connectivity index (χ4n) is 2.11. The molecular formula is C17H16N2OS. The molecule has 1 aromatic heterocycles. The number of thiazole rings is 1. The second kappa shape index (κ2) is 5.97. The van der Waals surface area contributed by atoms with Gasteiger partial charge in [0.1, 0.15) is 10.8 Å². The summed E-state index contributed by atoms with van der Waals surface area (Å²) in [5, 5.41) is 2.99. The van der Waals surface area contributed by atoms with E-state index < -0.39 is 0 Å². The zero-order valence-electron chi connectivity index (χ0n) is 11.7. The Morgan fingerprint density at radius 2 is 1.86 bits per heavy atom. The van der Waals surface area contributed by atoms with Crippen LogP contribution >= 0.6 is 11.3 Å². The third kappa shape index (κ3) is 2.90. The fraction of sp³-hybridized carbons (Fsp3) is 0.118. The highest BCUT2D eigenvalue weighted by molar-refractivity contribution is 7.13. The van der Waals surface area contributed by atoms with Crippen LogP contribution in [0.1, 0.15) is 6.92 Å². The molecule has 3 rings (SSSR count). The van der Waals surface area contributed by atoms with Crippen molar-refractivity contribution in [1.29, 1.82) is 0 Å². The molecule has 0 saturated carbocycles. The second-order valence-electron chi connectivity index (χ2n) is 4.58. The molecule has 2 aromatic carbocycles. The molecule has 1 heterocycles. The maximum absolute atomic E-state index is 6.00. The Labute approximate surface area is 128 Å². The average molecular weight is 296 g/mol. The Balaban J connectivity index is 1.89. The van der Waals surface area contributed by atoms with Gasteiger partial charge in [-0.1, -0.05) is 12.1 Å². The predicted octanol–water partition coefficient (Wildman–Crippen LogP) is 4.46. The Morgan fingerprint density at radius 3 is 2.57 bits per heavy atom. The zero-order chi connectivity index (χ0) is 14.7. The summed E-state index contributed by atoms with van der Waals surface area (Å²) in [7, 11) is 0. The van der Waals surface area contributed by atoms with E-state index in [1.807, 2.05) is 55.5 Å². The van der Waals surface area contributed by atoms with Crippen LogP contribution in [-0.4, -0.2) is 11.6 Å². The molecule has 106 valence electrons. The van der Waals surface area contributed by atoms with Crippen LogP contribution in [0.2, 0.25) is 0 Å². The highest BCUT2D eigenvalue weighted by atomic mass is 32.1. The molecule has 0 spiro atoms. The van der Waals surface area contributed by atoms with Gasteiger partial charge in [0.2, 0.25) is 0 Å².